The maximum atomic E-state index is 13.4. The molecule has 2 amide bonds. The summed E-state index contributed by atoms with van der Waals surface area (Å²) in [6.45, 7) is 0. The van der Waals surface area contributed by atoms with Crippen LogP contribution in [0.1, 0.15) is 11.1 Å². The van der Waals surface area contributed by atoms with Crippen LogP contribution in [-0.2, 0) is 9.59 Å². The van der Waals surface area contributed by atoms with Gasteiger partial charge in [0.15, 0.2) is 0 Å². The van der Waals surface area contributed by atoms with Crippen molar-refractivity contribution in [2.75, 3.05) is 4.90 Å². The van der Waals surface area contributed by atoms with E-state index in [9.17, 15) is 9.59 Å². The lowest BCUT2D eigenvalue weighted by molar-refractivity contribution is -0.123. The predicted octanol–water partition coefficient (Wildman–Crippen LogP) is 4.51. The number of benzene rings is 2. The average Bonchev–Trinajstić information content (AvgIpc) is 3.45. The van der Waals surface area contributed by atoms with Gasteiger partial charge in [0.25, 0.3) is 0 Å². The van der Waals surface area contributed by atoms with E-state index in [1.807, 2.05) is 36.4 Å². The zero-order valence-electron chi connectivity index (χ0n) is 16.8. The monoisotopic (exact) mass is 404 g/mol. The van der Waals surface area contributed by atoms with E-state index < -0.39 is 0 Å². The van der Waals surface area contributed by atoms with E-state index in [1.54, 1.807) is 24.4 Å². The first-order chi connectivity index (χ1) is 15.3. The summed E-state index contributed by atoms with van der Waals surface area (Å²) in [7, 11) is 0. The summed E-state index contributed by atoms with van der Waals surface area (Å²) in [5.41, 5.74) is 4.56. The maximum absolute atomic E-state index is 13.4. The maximum Gasteiger partial charge on any atom is 0.239 e. The molecule has 150 valence electrons. The van der Waals surface area contributed by atoms with E-state index in [2.05, 4.69) is 41.4 Å². The van der Waals surface area contributed by atoms with Crippen molar-refractivity contribution in [1.82, 2.24) is 4.98 Å². The van der Waals surface area contributed by atoms with Gasteiger partial charge in [-0.15, -0.1) is 0 Å². The van der Waals surface area contributed by atoms with Crippen molar-refractivity contribution >= 4 is 23.2 Å². The lowest BCUT2D eigenvalue weighted by Gasteiger charge is -2.21. The van der Waals surface area contributed by atoms with Crippen molar-refractivity contribution in [3.05, 3.63) is 114 Å². The van der Waals surface area contributed by atoms with Gasteiger partial charge in [0.2, 0.25) is 11.8 Å². The van der Waals surface area contributed by atoms with Crippen LogP contribution in [0, 0.1) is 23.7 Å². The summed E-state index contributed by atoms with van der Waals surface area (Å²) >= 11 is 0. The fourth-order valence-corrected chi connectivity index (χ4v) is 5.52. The van der Waals surface area contributed by atoms with Gasteiger partial charge < -0.3 is 0 Å². The molecule has 2 bridgehead atoms. The summed E-state index contributed by atoms with van der Waals surface area (Å²) in [4.78, 5) is 32.4. The molecule has 1 aliphatic heterocycles. The molecule has 6 rings (SSSR count). The van der Waals surface area contributed by atoms with E-state index in [0.29, 0.717) is 5.82 Å². The highest BCUT2D eigenvalue weighted by Gasteiger charge is 2.62. The predicted molar refractivity (Wildman–Crippen MR) is 119 cm³/mol. The molecule has 3 aliphatic rings. The van der Waals surface area contributed by atoms with Crippen molar-refractivity contribution in [3.8, 4) is 0 Å². The van der Waals surface area contributed by atoms with E-state index in [4.69, 9.17) is 0 Å². The Balaban J connectivity index is 1.50. The second-order valence-corrected chi connectivity index (χ2v) is 8.25. The van der Waals surface area contributed by atoms with Gasteiger partial charge in [0, 0.05) is 18.0 Å². The van der Waals surface area contributed by atoms with Crippen LogP contribution < -0.4 is 4.90 Å². The van der Waals surface area contributed by atoms with Gasteiger partial charge in [-0.2, -0.15) is 0 Å². The molecule has 1 saturated heterocycles. The molecule has 4 atom stereocenters. The smallest absolute Gasteiger partial charge is 0.239 e. The molecule has 2 aromatic carbocycles. The highest BCUT2D eigenvalue weighted by atomic mass is 16.2. The molecule has 2 heterocycles. The Hall–Kier alpha value is -3.79. The molecular weight excluding hydrogens is 384 g/mol. The molecule has 1 saturated carbocycles. The van der Waals surface area contributed by atoms with Crippen molar-refractivity contribution in [1.29, 1.82) is 0 Å². The van der Waals surface area contributed by atoms with E-state index in [1.165, 1.54) is 10.5 Å². The van der Waals surface area contributed by atoms with Crippen LogP contribution in [-0.4, -0.2) is 16.8 Å². The summed E-state index contributed by atoms with van der Waals surface area (Å²) in [6.07, 6.45) is 5.87. The van der Waals surface area contributed by atoms with Crippen LogP contribution in [0.2, 0.25) is 0 Å². The van der Waals surface area contributed by atoms with Crippen LogP contribution >= 0.6 is 0 Å². The van der Waals surface area contributed by atoms with Crippen molar-refractivity contribution in [2.45, 2.75) is 0 Å². The number of imide groups is 1. The van der Waals surface area contributed by atoms with E-state index >= 15 is 0 Å². The standard InChI is InChI=1S/C27H20N2O2/c30-26-24-19-14-15-20(25(24)27(31)29(26)21-13-7-8-16-28-21)23(19)22(17-9-3-1-4-10-17)18-11-5-2-6-12-18/h1-16,19-20,24-25H. The van der Waals surface area contributed by atoms with Crippen molar-refractivity contribution in [3.63, 3.8) is 0 Å². The molecule has 1 aromatic heterocycles. The lowest BCUT2D eigenvalue weighted by atomic mass is 9.85. The Bertz CT molecular complexity index is 1160. The highest BCUT2D eigenvalue weighted by Crippen LogP contribution is 2.58. The SMILES string of the molecule is O=C1C2C3C=CC(C3=C(c3ccccc3)c3ccccc3)C2C(=O)N1c1ccccn1. The first-order valence-electron chi connectivity index (χ1n) is 10.6. The zero-order chi connectivity index (χ0) is 20.9. The molecule has 0 spiro atoms. The van der Waals surface area contributed by atoms with Gasteiger partial charge in [-0.3, -0.25) is 9.59 Å². The van der Waals surface area contributed by atoms with Gasteiger partial charge in [-0.1, -0.05) is 78.9 Å². The summed E-state index contributed by atoms with van der Waals surface area (Å²) in [5.74, 6) is -0.717. The van der Waals surface area contributed by atoms with Crippen LogP contribution in [0.25, 0.3) is 5.57 Å². The van der Waals surface area contributed by atoms with E-state index in [0.717, 1.165) is 16.7 Å². The molecule has 3 aromatic rings. The highest BCUT2D eigenvalue weighted by molar-refractivity contribution is 6.23. The average molecular weight is 404 g/mol. The number of fused-ring (bicyclic) bond motifs is 5. The largest absolute Gasteiger partial charge is 0.274 e. The van der Waals surface area contributed by atoms with Gasteiger partial charge in [0.05, 0.1) is 11.8 Å². The van der Waals surface area contributed by atoms with Crippen LogP contribution in [0.15, 0.2) is 103 Å². The topological polar surface area (TPSA) is 50.3 Å². The number of rotatable bonds is 3. The van der Waals surface area contributed by atoms with Gasteiger partial charge in [0.1, 0.15) is 5.82 Å². The number of carbonyl (C=O) groups excluding carboxylic acids is 2. The van der Waals surface area contributed by atoms with Crippen LogP contribution in [0.3, 0.4) is 0 Å². The molecular formula is C27H20N2O2. The first-order valence-corrected chi connectivity index (χ1v) is 10.6. The Morgan fingerprint density at radius 1 is 0.677 bits per heavy atom. The second-order valence-electron chi connectivity index (χ2n) is 8.25. The Morgan fingerprint density at radius 3 is 1.68 bits per heavy atom. The molecule has 2 fully saturated rings. The van der Waals surface area contributed by atoms with Gasteiger partial charge in [-0.25, -0.2) is 9.88 Å². The Kier molecular flexibility index (Phi) is 4.00. The van der Waals surface area contributed by atoms with Crippen molar-refractivity contribution in [2.24, 2.45) is 23.7 Å². The van der Waals surface area contributed by atoms with Crippen molar-refractivity contribution < 1.29 is 9.59 Å². The number of aromatic nitrogens is 1. The number of nitrogens with zero attached hydrogens (tertiary/aromatic N) is 2. The normalized spacial score (nSPS) is 25.9. The third-order valence-electron chi connectivity index (χ3n) is 6.71. The molecule has 4 nitrogen and oxygen atoms in total. The minimum absolute atomic E-state index is 0.0735. The van der Waals surface area contributed by atoms with Crippen LogP contribution in [0.4, 0.5) is 5.82 Å². The quantitative estimate of drug-likeness (QED) is 0.477. The number of hydrogen-bond donors (Lipinski definition) is 0. The van der Waals surface area contributed by atoms with Gasteiger partial charge in [-0.05, 0) is 34.4 Å². The molecule has 4 unspecified atom stereocenters. The fraction of sp³-hybridized carbons (Fsp3) is 0.148. The summed E-state index contributed by atoms with van der Waals surface area (Å²) in [6, 6.07) is 25.9. The number of allylic oxidation sites excluding steroid dienone is 3. The minimum Gasteiger partial charge on any atom is -0.274 e. The molecule has 31 heavy (non-hydrogen) atoms. The fourth-order valence-electron chi connectivity index (χ4n) is 5.52. The third kappa shape index (κ3) is 2.58. The van der Waals surface area contributed by atoms with E-state index in [-0.39, 0.29) is 35.5 Å². The number of carbonyl (C=O) groups is 2. The molecule has 2 aliphatic carbocycles. The number of amides is 2. The summed E-state index contributed by atoms with van der Waals surface area (Å²) < 4.78 is 0. The Labute approximate surface area is 180 Å². The van der Waals surface area contributed by atoms with Gasteiger partial charge >= 0.3 is 0 Å². The Morgan fingerprint density at radius 2 is 1.19 bits per heavy atom. The molecule has 0 N–H and O–H groups in total. The minimum atomic E-state index is -0.359. The molecule has 0 radical (unpaired) electrons. The lowest BCUT2D eigenvalue weighted by Crippen LogP contribution is -2.33. The third-order valence-corrected chi connectivity index (χ3v) is 6.71. The number of pyridine rings is 1. The first kappa shape index (κ1) is 18.0. The molecule has 4 heteroatoms. The zero-order valence-corrected chi connectivity index (χ0v) is 16.8. The van der Waals surface area contributed by atoms with Crippen LogP contribution in [0.5, 0.6) is 0 Å². The second kappa shape index (κ2) is 6.88. The number of anilines is 1. The summed E-state index contributed by atoms with van der Waals surface area (Å²) in [5, 5.41) is 0. The number of hydrogen-bond acceptors (Lipinski definition) is 3.